The number of alkyl halides is 2. The van der Waals surface area contributed by atoms with Gasteiger partial charge >= 0.3 is 5.97 Å². The highest BCUT2D eigenvalue weighted by molar-refractivity contribution is 6.10. The maximum Gasteiger partial charge on any atom is 0.339 e. The van der Waals surface area contributed by atoms with E-state index in [1.807, 2.05) is 0 Å². The van der Waals surface area contributed by atoms with Crippen molar-refractivity contribution in [2.75, 3.05) is 17.7 Å². The molecule has 2 aromatic rings. The van der Waals surface area contributed by atoms with Gasteiger partial charge in [0.15, 0.2) is 0 Å². The molecule has 2 aliphatic rings. The van der Waals surface area contributed by atoms with E-state index >= 15 is 0 Å². The molecule has 9 heteroatoms. The van der Waals surface area contributed by atoms with E-state index in [-0.39, 0.29) is 28.3 Å². The number of fused-ring (bicyclic) bond motifs is 1. The third kappa shape index (κ3) is 3.07. The number of nitrogens with zero attached hydrogens (tertiary/aromatic N) is 2. The van der Waals surface area contributed by atoms with Crippen LogP contribution in [-0.4, -0.2) is 35.2 Å². The highest BCUT2D eigenvalue weighted by Gasteiger charge is 2.29. The van der Waals surface area contributed by atoms with Gasteiger partial charge in [-0.05, 0) is 23.8 Å². The van der Waals surface area contributed by atoms with E-state index in [0.29, 0.717) is 5.70 Å². The summed E-state index contributed by atoms with van der Waals surface area (Å²) in [6, 6.07) is 6.32. The normalized spacial score (nSPS) is 14.4. The molecule has 0 radical (unpaired) electrons. The van der Waals surface area contributed by atoms with Gasteiger partial charge in [0, 0.05) is 5.70 Å². The maximum atomic E-state index is 13.4. The van der Waals surface area contributed by atoms with E-state index in [0.717, 1.165) is 10.3 Å². The molecule has 2 N–H and O–H groups in total. The molecule has 1 aromatic carbocycles. The Kier molecular flexibility index (Phi) is 4.26. The number of carbonyl (C=O) groups is 2. The molecule has 0 saturated heterocycles. The lowest BCUT2D eigenvalue weighted by atomic mass is 10.1. The van der Waals surface area contributed by atoms with Crippen molar-refractivity contribution < 1.29 is 23.1 Å². The summed E-state index contributed by atoms with van der Waals surface area (Å²) in [5.41, 5.74) is 1.37. The third-order valence-corrected chi connectivity index (χ3v) is 4.25. The van der Waals surface area contributed by atoms with Gasteiger partial charge in [-0.3, -0.25) is 4.79 Å². The van der Waals surface area contributed by atoms with Crippen LogP contribution in [-0.2, 0) is 4.74 Å². The highest BCUT2D eigenvalue weighted by Crippen LogP contribution is 2.34. The topological polar surface area (TPSA) is 85.2 Å². The second-order valence-corrected chi connectivity index (χ2v) is 6.01. The van der Waals surface area contributed by atoms with E-state index in [4.69, 9.17) is 4.74 Å². The first-order chi connectivity index (χ1) is 13.5. The fraction of sp³-hybridized carbons (Fsp3) is 0.105. The van der Waals surface area contributed by atoms with Crippen LogP contribution in [0.1, 0.15) is 20.7 Å². The average Bonchev–Trinajstić information content (AvgIpc) is 3.46. The summed E-state index contributed by atoms with van der Waals surface area (Å²) in [5, 5.41) is 9.49. The third-order valence-electron chi connectivity index (χ3n) is 4.25. The molecule has 0 fully saturated rings. The molecule has 1 aliphatic heterocycles. The number of esters is 1. The Bertz CT molecular complexity index is 1070. The minimum Gasteiger partial charge on any atom is -0.465 e. The van der Waals surface area contributed by atoms with Crippen molar-refractivity contribution in [2.45, 2.75) is 6.43 Å². The van der Waals surface area contributed by atoms with Crippen molar-refractivity contribution in [3.05, 3.63) is 71.1 Å². The molecule has 0 saturated carbocycles. The van der Waals surface area contributed by atoms with E-state index in [9.17, 15) is 18.4 Å². The zero-order valence-corrected chi connectivity index (χ0v) is 14.6. The number of carbonyl (C=O) groups excluding carboxylic acids is 2. The number of benzene rings is 1. The summed E-state index contributed by atoms with van der Waals surface area (Å²) in [6.45, 7) is 0. The van der Waals surface area contributed by atoms with Crippen molar-refractivity contribution in [2.24, 2.45) is 0 Å². The van der Waals surface area contributed by atoms with Crippen LogP contribution in [0.4, 0.5) is 20.3 Å². The van der Waals surface area contributed by atoms with Gasteiger partial charge in [0.1, 0.15) is 17.1 Å². The smallest absolute Gasteiger partial charge is 0.339 e. The quantitative estimate of drug-likeness (QED) is 0.791. The van der Waals surface area contributed by atoms with Crippen LogP contribution >= 0.6 is 0 Å². The van der Waals surface area contributed by atoms with Gasteiger partial charge in [-0.25, -0.2) is 18.3 Å². The Morgan fingerprint density at radius 2 is 1.96 bits per heavy atom. The molecule has 1 amide bonds. The van der Waals surface area contributed by atoms with Crippen molar-refractivity contribution in [3.8, 4) is 0 Å². The van der Waals surface area contributed by atoms with E-state index < -0.39 is 18.3 Å². The van der Waals surface area contributed by atoms with Crippen LogP contribution in [0.3, 0.4) is 0 Å². The van der Waals surface area contributed by atoms with Gasteiger partial charge in [-0.1, -0.05) is 24.3 Å². The molecule has 0 atom stereocenters. The van der Waals surface area contributed by atoms with Crippen LogP contribution in [0, 0.1) is 0 Å². The lowest BCUT2D eigenvalue weighted by molar-refractivity contribution is 0.0602. The minimum atomic E-state index is -2.77. The number of nitrogens with one attached hydrogen (secondary N) is 2. The number of ether oxygens (including phenoxy) is 1. The molecule has 1 aromatic heterocycles. The van der Waals surface area contributed by atoms with Crippen LogP contribution in [0.5, 0.6) is 0 Å². The largest absolute Gasteiger partial charge is 0.465 e. The number of hydrogen-bond acceptors (Lipinski definition) is 5. The first kappa shape index (κ1) is 17.7. The fourth-order valence-electron chi connectivity index (χ4n) is 2.81. The Hall–Kier alpha value is -3.75. The summed E-state index contributed by atoms with van der Waals surface area (Å²) in [6.07, 6.45) is 3.25. The Morgan fingerprint density at radius 3 is 2.64 bits per heavy atom. The summed E-state index contributed by atoms with van der Waals surface area (Å²) in [4.78, 5) is 24.7. The molecule has 28 heavy (non-hydrogen) atoms. The van der Waals surface area contributed by atoms with Gasteiger partial charge < -0.3 is 15.4 Å². The van der Waals surface area contributed by atoms with Crippen LogP contribution < -0.4 is 10.6 Å². The number of rotatable bonds is 4. The van der Waals surface area contributed by atoms with E-state index in [1.165, 1.54) is 25.4 Å². The molecule has 0 bridgehead atoms. The lowest BCUT2D eigenvalue weighted by Crippen LogP contribution is -2.21. The molecular formula is C19H14F2N4O3. The number of anilines is 2. The van der Waals surface area contributed by atoms with Gasteiger partial charge in [-0.2, -0.15) is 5.10 Å². The molecule has 142 valence electrons. The minimum absolute atomic E-state index is 0.0599. The Morgan fingerprint density at radius 1 is 1.21 bits per heavy atom. The number of halogens is 2. The molecule has 1 aliphatic carbocycles. The summed E-state index contributed by atoms with van der Waals surface area (Å²) in [5.74, 6) is -1.09. The Balaban J connectivity index is 1.68. The van der Waals surface area contributed by atoms with Crippen LogP contribution in [0.2, 0.25) is 0 Å². The van der Waals surface area contributed by atoms with Crippen molar-refractivity contribution >= 4 is 29.1 Å². The first-order valence-corrected chi connectivity index (χ1v) is 8.26. The van der Waals surface area contributed by atoms with E-state index in [1.54, 1.807) is 30.4 Å². The predicted octanol–water partition coefficient (Wildman–Crippen LogP) is 3.28. The fourth-order valence-corrected chi connectivity index (χ4v) is 2.81. The molecule has 7 nitrogen and oxygen atoms in total. The molecular weight excluding hydrogens is 370 g/mol. The monoisotopic (exact) mass is 384 g/mol. The van der Waals surface area contributed by atoms with E-state index in [2.05, 4.69) is 15.7 Å². The Labute approximate surface area is 158 Å². The van der Waals surface area contributed by atoms with Crippen molar-refractivity contribution in [3.63, 3.8) is 0 Å². The average molecular weight is 384 g/mol. The zero-order chi connectivity index (χ0) is 19.8. The lowest BCUT2D eigenvalue weighted by Gasteiger charge is -2.20. The molecule has 2 heterocycles. The van der Waals surface area contributed by atoms with Crippen molar-refractivity contribution in [1.29, 1.82) is 0 Å². The number of methoxy groups -OCH3 is 1. The summed E-state index contributed by atoms with van der Waals surface area (Å²) in [7, 11) is 1.23. The second kappa shape index (κ2) is 6.76. The molecule has 0 unspecified atom stereocenters. The number of allylic oxidation sites excluding steroid dienone is 5. The molecule has 0 spiro atoms. The number of para-hydroxylation sites is 1. The molecule has 4 rings (SSSR count). The highest BCUT2D eigenvalue weighted by atomic mass is 19.3. The summed E-state index contributed by atoms with van der Waals surface area (Å²) >= 11 is 0. The number of aromatic nitrogens is 2. The van der Waals surface area contributed by atoms with Crippen molar-refractivity contribution in [1.82, 2.24) is 9.78 Å². The number of amides is 1. The van der Waals surface area contributed by atoms with Gasteiger partial charge in [0.2, 0.25) is 0 Å². The summed E-state index contributed by atoms with van der Waals surface area (Å²) < 4.78 is 32.6. The van der Waals surface area contributed by atoms with Gasteiger partial charge in [0.05, 0.1) is 24.6 Å². The van der Waals surface area contributed by atoms with Gasteiger partial charge in [-0.15, -0.1) is 0 Å². The SMILES string of the molecule is COC(=O)c1ccccc1NC(=O)c1cnn2c1NC(=C1C=C1)C=C2C(F)F. The maximum absolute atomic E-state index is 13.4. The second-order valence-electron chi connectivity index (χ2n) is 6.01. The van der Waals surface area contributed by atoms with Crippen LogP contribution in [0.15, 0.2) is 60.0 Å². The van der Waals surface area contributed by atoms with Gasteiger partial charge in [0.25, 0.3) is 12.3 Å². The first-order valence-electron chi connectivity index (χ1n) is 8.26. The zero-order valence-electron chi connectivity index (χ0n) is 14.6. The standard InChI is InChI=1S/C19H14F2N4O3/c1-28-19(27)11-4-2-3-5-13(11)24-18(26)12-9-22-25-15(16(20)21)8-14(10-6-7-10)23-17(12)25/h2-9,16,23H,1H3,(H,24,26). The number of hydrogen-bond donors (Lipinski definition) is 2. The van der Waals surface area contributed by atoms with Crippen LogP contribution in [0.25, 0.3) is 5.70 Å². The predicted molar refractivity (Wildman–Crippen MR) is 98.0 cm³/mol.